The molecular weight excluding hydrogens is 260 g/mol. The van der Waals surface area contributed by atoms with Crippen LogP contribution in [0.4, 0.5) is 0 Å². The summed E-state index contributed by atoms with van der Waals surface area (Å²) in [7, 11) is 0. The summed E-state index contributed by atoms with van der Waals surface area (Å²) in [4.78, 5) is 0. The molecule has 0 amide bonds. The molecule has 0 atom stereocenters. The first-order chi connectivity index (χ1) is 10.4. The molecule has 0 N–H and O–H groups in total. The molecule has 1 aromatic carbocycles. The molecule has 0 bridgehead atoms. The minimum atomic E-state index is 0.793. The Morgan fingerprint density at radius 1 is 1.05 bits per heavy atom. The standard InChI is InChI=1S/C18H27N2O/c1-2-3-7-12-19-14-15-20(17-19)13-8-9-16-21-18-10-5-4-6-11-18/h4-6,10-11,14-15,17H,2-3,7-9,12-13,16H2,1H3/q+1. The lowest BCUT2D eigenvalue weighted by Crippen LogP contribution is -2.30. The van der Waals surface area contributed by atoms with Crippen LogP contribution in [0.5, 0.6) is 5.75 Å². The van der Waals surface area contributed by atoms with Crippen molar-refractivity contribution in [1.82, 2.24) is 4.57 Å². The van der Waals surface area contributed by atoms with Crippen LogP contribution in [0.3, 0.4) is 0 Å². The molecule has 2 aromatic rings. The number of aryl methyl sites for hydroxylation is 2. The van der Waals surface area contributed by atoms with Gasteiger partial charge in [0.2, 0.25) is 6.33 Å². The number of nitrogens with zero attached hydrogens (tertiary/aromatic N) is 2. The molecule has 1 aromatic heterocycles. The highest BCUT2D eigenvalue weighted by molar-refractivity contribution is 5.20. The van der Waals surface area contributed by atoms with Gasteiger partial charge in [-0.15, -0.1) is 0 Å². The van der Waals surface area contributed by atoms with Crippen LogP contribution in [0, 0.1) is 0 Å². The van der Waals surface area contributed by atoms with Gasteiger partial charge in [-0.3, -0.25) is 0 Å². The third kappa shape index (κ3) is 6.03. The second kappa shape index (κ2) is 9.22. The van der Waals surface area contributed by atoms with Gasteiger partial charge < -0.3 is 4.74 Å². The fourth-order valence-corrected chi connectivity index (χ4v) is 2.35. The third-order valence-electron chi connectivity index (χ3n) is 3.59. The highest BCUT2D eigenvalue weighted by Crippen LogP contribution is 2.09. The predicted molar refractivity (Wildman–Crippen MR) is 85.3 cm³/mol. The van der Waals surface area contributed by atoms with E-state index >= 15 is 0 Å². The lowest BCUT2D eigenvalue weighted by Gasteiger charge is -2.04. The predicted octanol–water partition coefficient (Wildman–Crippen LogP) is 3.83. The second-order valence-electron chi connectivity index (χ2n) is 5.46. The van der Waals surface area contributed by atoms with Gasteiger partial charge in [0, 0.05) is 0 Å². The Morgan fingerprint density at radius 3 is 2.71 bits per heavy atom. The molecule has 1 heterocycles. The van der Waals surface area contributed by atoms with E-state index in [1.54, 1.807) is 0 Å². The summed E-state index contributed by atoms with van der Waals surface area (Å²) in [6.45, 7) is 5.24. The molecule has 0 fully saturated rings. The minimum Gasteiger partial charge on any atom is -0.494 e. The van der Waals surface area contributed by atoms with Crippen LogP contribution in [-0.4, -0.2) is 11.2 Å². The van der Waals surface area contributed by atoms with Crippen molar-refractivity contribution in [2.45, 2.75) is 52.1 Å². The van der Waals surface area contributed by atoms with Crippen molar-refractivity contribution in [3.8, 4) is 5.75 Å². The topological polar surface area (TPSA) is 18.0 Å². The summed E-state index contributed by atoms with van der Waals surface area (Å²) in [6, 6.07) is 10.0. The number of aromatic nitrogens is 2. The van der Waals surface area contributed by atoms with Gasteiger partial charge in [0.25, 0.3) is 0 Å². The maximum absolute atomic E-state index is 5.70. The van der Waals surface area contributed by atoms with E-state index in [9.17, 15) is 0 Å². The molecule has 0 spiro atoms. The zero-order chi connectivity index (χ0) is 14.8. The molecule has 0 unspecified atom stereocenters. The lowest BCUT2D eigenvalue weighted by molar-refractivity contribution is -0.696. The van der Waals surface area contributed by atoms with Gasteiger partial charge in [0.05, 0.1) is 19.7 Å². The fourth-order valence-electron chi connectivity index (χ4n) is 2.35. The minimum absolute atomic E-state index is 0.793. The zero-order valence-corrected chi connectivity index (χ0v) is 13.1. The second-order valence-corrected chi connectivity index (χ2v) is 5.46. The molecule has 21 heavy (non-hydrogen) atoms. The number of hydrogen-bond acceptors (Lipinski definition) is 1. The van der Waals surface area contributed by atoms with Gasteiger partial charge in [-0.2, -0.15) is 0 Å². The fraction of sp³-hybridized carbons (Fsp3) is 0.500. The Kier molecular flexibility index (Phi) is 6.85. The van der Waals surface area contributed by atoms with Gasteiger partial charge in [0.15, 0.2) is 0 Å². The van der Waals surface area contributed by atoms with E-state index in [1.165, 1.54) is 19.3 Å². The normalized spacial score (nSPS) is 10.7. The van der Waals surface area contributed by atoms with Crippen molar-refractivity contribution >= 4 is 0 Å². The van der Waals surface area contributed by atoms with Crippen molar-refractivity contribution in [3.05, 3.63) is 49.1 Å². The van der Waals surface area contributed by atoms with E-state index in [0.717, 1.165) is 38.3 Å². The van der Waals surface area contributed by atoms with E-state index in [4.69, 9.17) is 4.74 Å². The molecule has 0 radical (unpaired) electrons. The molecule has 0 saturated carbocycles. The summed E-state index contributed by atoms with van der Waals surface area (Å²) in [6.07, 6.45) is 12.7. The first kappa shape index (κ1) is 15.6. The molecule has 0 aliphatic heterocycles. The van der Waals surface area contributed by atoms with Crippen LogP contribution < -0.4 is 9.30 Å². The maximum atomic E-state index is 5.70. The van der Waals surface area contributed by atoms with Gasteiger partial charge in [-0.1, -0.05) is 31.5 Å². The third-order valence-corrected chi connectivity index (χ3v) is 3.59. The average Bonchev–Trinajstić information content (AvgIpc) is 2.96. The van der Waals surface area contributed by atoms with Crippen LogP contribution in [0.15, 0.2) is 49.1 Å². The maximum Gasteiger partial charge on any atom is 0.243 e. The van der Waals surface area contributed by atoms with Gasteiger partial charge in [0.1, 0.15) is 18.1 Å². The SMILES string of the molecule is CCCCC[n+]1ccn(CCCCOc2ccccc2)c1. The van der Waals surface area contributed by atoms with Crippen LogP contribution in [0.25, 0.3) is 0 Å². The first-order valence-corrected chi connectivity index (χ1v) is 8.11. The Bertz CT molecular complexity index is 493. The van der Waals surface area contributed by atoms with Crippen molar-refractivity contribution < 1.29 is 9.30 Å². The summed E-state index contributed by atoms with van der Waals surface area (Å²) in [5, 5.41) is 0. The Hall–Kier alpha value is -1.77. The zero-order valence-electron chi connectivity index (χ0n) is 13.1. The van der Waals surface area contributed by atoms with Crippen LogP contribution in [-0.2, 0) is 13.1 Å². The van der Waals surface area contributed by atoms with Crippen molar-refractivity contribution in [2.24, 2.45) is 0 Å². The van der Waals surface area contributed by atoms with Crippen LogP contribution in [0.2, 0.25) is 0 Å². The molecule has 2 rings (SSSR count). The molecule has 114 valence electrons. The number of unbranched alkanes of at least 4 members (excludes halogenated alkanes) is 3. The highest BCUT2D eigenvalue weighted by Gasteiger charge is 2.03. The van der Waals surface area contributed by atoms with E-state index in [1.807, 2.05) is 30.3 Å². The largest absolute Gasteiger partial charge is 0.494 e. The summed E-state index contributed by atoms with van der Waals surface area (Å²) in [5.41, 5.74) is 0. The Balaban J connectivity index is 1.58. The van der Waals surface area contributed by atoms with Gasteiger partial charge in [-0.05, 0) is 37.8 Å². The van der Waals surface area contributed by atoms with Crippen molar-refractivity contribution in [3.63, 3.8) is 0 Å². The highest BCUT2D eigenvalue weighted by atomic mass is 16.5. The monoisotopic (exact) mass is 287 g/mol. The summed E-state index contributed by atoms with van der Waals surface area (Å²) in [5.74, 6) is 0.965. The lowest BCUT2D eigenvalue weighted by atomic mass is 10.2. The molecule has 3 nitrogen and oxygen atoms in total. The Morgan fingerprint density at radius 2 is 1.90 bits per heavy atom. The first-order valence-electron chi connectivity index (χ1n) is 8.11. The molecule has 0 aliphatic carbocycles. The van der Waals surface area contributed by atoms with Gasteiger partial charge in [-0.25, -0.2) is 9.13 Å². The quantitative estimate of drug-likeness (QED) is 0.480. The number of ether oxygens (including phenoxy) is 1. The van der Waals surface area contributed by atoms with Crippen LogP contribution in [0.1, 0.15) is 39.0 Å². The number of hydrogen-bond donors (Lipinski definition) is 0. The summed E-state index contributed by atoms with van der Waals surface area (Å²) < 4.78 is 10.3. The smallest absolute Gasteiger partial charge is 0.243 e. The van der Waals surface area contributed by atoms with Crippen molar-refractivity contribution in [1.29, 1.82) is 0 Å². The Labute approximate surface area is 128 Å². The van der Waals surface area contributed by atoms with E-state index in [0.29, 0.717) is 0 Å². The molecule has 0 saturated heterocycles. The van der Waals surface area contributed by atoms with Crippen molar-refractivity contribution in [2.75, 3.05) is 6.61 Å². The number of imidazole rings is 1. The van der Waals surface area contributed by atoms with E-state index in [2.05, 4.69) is 34.8 Å². The van der Waals surface area contributed by atoms with Crippen LogP contribution >= 0.6 is 0 Å². The molecular formula is C18H27N2O+. The number of para-hydroxylation sites is 1. The number of rotatable bonds is 10. The number of benzene rings is 1. The average molecular weight is 287 g/mol. The van der Waals surface area contributed by atoms with E-state index < -0.39 is 0 Å². The summed E-state index contributed by atoms with van der Waals surface area (Å²) >= 11 is 0. The van der Waals surface area contributed by atoms with E-state index in [-0.39, 0.29) is 0 Å². The molecule has 0 aliphatic rings. The molecule has 3 heteroatoms. The van der Waals surface area contributed by atoms with Gasteiger partial charge >= 0.3 is 0 Å².